The van der Waals surface area contributed by atoms with Gasteiger partial charge in [-0.05, 0) is 49.2 Å². The molecule has 0 spiro atoms. The van der Waals surface area contributed by atoms with E-state index in [9.17, 15) is 0 Å². The molecule has 0 saturated carbocycles. The third-order valence-corrected chi connectivity index (χ3v) is 3.60. The molecule has 0 heteroatoms. The molecule has 16 heavy (non-hydrogen) atoms. The van der Waals surface area contributed by atoms with Crippen molar-refractivity contribution in [3.63, 3.8) is 0 Å². The van der Waals surface area contributed by atoms with Crippen molar-refractivity contribution >= 4 is 0 Å². The van der Waals surface area contributed by atoms with E-state index < -0.39 is 0 Å². The number of hydrogen-bond donors (Lipinski definition) is 0. The Kier molecular flexibility index (Phi) is 4.83. The predicted octanol–water partition coefficient (Wildman–Crippen LogP) is 5.51. The Hall–Kier alpha value is -0.520. The van der Waals surface area contributed by atoms with E-state index in [0.29, 0.717) is 11.8 Å². The summed E-state index contributed by atoms with van der Waals surface area (Å²) in [6, 6.07) is 0. The van der Waals surface area contributed by atoms with Gasteiger partial charge >= 0.3 is 0 Å². The molecular formula is C16H28. The number of allylic oxidation sites excluding steroid dienone is 4. The molecule has 0 atom stereocenters. The molecule has 0 saturated heterocycles. The van der Waals surface area contributed by atoms with E-state index in [0.717, 1.165) is 0 Å². The number of unbranched alkanes of at least 4 members (excludes halogenated alkanes) is 1. The molecule has 0 amide bonds. The second-order valence-corrected chi connectivity index (χ2v) is 5.80. The van der Waals surface area contributed by atoms with Crippen LogP contribution in [0.2, 0.25) is 0 Å². The molecule has 0 bridgehead atoms. The minimum Gasteiger partial charge on any atom is -0.0655 e. The molecule has 92 valence electrons. The first kappa shape index (κ1) is 13.5. The summed E-state index contributed by atoms with van der Waals surface area (Å²) in [5.41, 5.74) is 6.73. The van der Waals surface area contributed by atoms with Crippen molar-refractivity contribution in [1.29, 1.82) is 0 Å². The summed E-state index contributed by atoms with van der Waals surface area (Å²) < 4.78 is 0. The highest BCUT2D eigenvalue weighted by Crippen LogP contribution is 2.41. The molecule has 0 aliphatic heterocycles. The van der Waals surface area contributed by atoms with E-state index in [-0.39, 0.29) is 0 Å². The average Bonchev–Trinajstić information content (AvgIpc) is 2.52. The number of hydrogen-bond acceptors (Lipinski definition) is 0. The highest BCUT2D eigenvalue weighted by molar-refractivity contribution is 5.48. The lowest BCUT2D eigenvalue weighted by Gasteiger charge is -2.18. The summed E-state index contributed by atoms with van der Waals surface area (Å²) in [7, 11) is 0. The summed E-state index contributed by atoms with van der Waals surface area (Å²) in [4.78, 5) is 0. The molecule has 1 aliphatic rings. The summed E-state index contributed by atoms with van der Waals surface area (Å²) >= 11 is 0. The first-order valence-electron chi connectivity index (χ1n) is 6.90. The zero-order valence-electron chi connectivity index (χ0n) is 12.0. The van der Waals surface area contributed by atoms with Gasteiger partial charge in [0.15, 0.2) is 0 Å². The van der Waals surface area contributed by atoms with E-state index in [1.54, 1.807) is 22.3 Å². The van der Waals surface area contributed by atoms with E-state index in [2.05, 4.69) is 41.5 Å². The third kappa shape index (κ3) is 2.78. The molecule has 0 aromatic carbocycles. The molecule has 0 heterocycles. The van der Waals surface area contributed by atoms with Gasteiger partial charge in [0.2, 0.25) is 0 Å². The summed E-state index contributed by atoms with van der Waals surface area (Å²) in [5, 5.41) is 0. The highest BCUT2D eigenvalue weighted by Gasteiger charge is 2.25. The maximum absolute atomic E-state index is 2.35. The molecule has 1 aliphatic carbocycles. The summed E-state index contributed by atoms with van der Waals surface area (Å²) in [6.07, 6.45) is 5.23. The van der Waals surface area contributed by atoms with Crippen molar-refractivity contribution in [1.82, 2.24) is 0 Å². The van der Waals surface area contributed by atoms with Crippen LogP contribution in [0.5, 0.6) is 0 Å². The normalized spacial score (nSPS) is 17.2. The largest absolute Gasteiger partial charge is 0.0655 e. The van der Waals surface area contributed by atoms with Crippen LogP contribution in [0.25, 0.3) is 0 Å². The van der Waals surface area contributed by atoms with Crippen molar-refractivity contribution in [2.75, 3.05) is 0 Å². The fraction of sp³-hybridized carbons (Fsp3) is 0.750. The van der Waals surface area contributed by atoms with Crippen molar-refractivity contribution in [2.24, 2.45) is 11.8 Å². The van der Waals surface area contributed by atoms with E-state index in [4.69, 9.17) is 0 Å². The Labute approximate surface area is 102 Å². The lowest BCUT2D eigenvalue weighted by Crippen LogP contribution is -2.04. The van der Waals surface area contributed by atoms with Gasteiger partial charge < -0.3 is 0 Å². The Balaban J connectivity index is 2.98. The van der Waals surface area contributed by atoms with Crippen LogP contribution >= 0.6 is 0 Å². The molecular weight excluding hydrogens is 192 g/mol. The SMILES string of the molecule is CCCCC1=C(C(C)C)C(C(C)C)=C(C)C1. The van der Waals surface area contributed by atoms with Crippen LogP contribution < -0.4 is 0 Å². The molecule has 1 rings (SSSR count). The van der Waals surface area contributed by atoms with Crippen molar-refractivity contribution in [3.8, 4) is 0 Å². The van der Waals surface area contributed by atoms with Gasteiger partial charge in [-0.15, -0.1) is 0 Å². The van der Waals surface area contributed by atoms with E-state index >= 15 is 0 Å². The Morgan fingerprint density at radius 2 is 1.56 bits per heavy atom. The molecule has 0 N–H and O–H groups in total. The van der Waals surface area contributed by atoms with Crippen molar-refractivity contribution in [3.05, 3.63) is 22.3 Å². The van der Waals surface area contributed by atoms with Gasteiger partial charge in [0.25, 0.3) is 0 Å². The maximum atomic E-state index is 2.35. The number of rotatable bonds is 5. The van der Waals surface area contributed by atoms with Gasteiger partial charge in [-0.1, -0.05) is 52.2 Å². The van der Waals surface area contributed by atoms with Crippen LogP contribution in [0.15, 0.2) is 22.3 Å². The molecule has 0 nitrogen and oxygen atoms in total. The third-order valence-electron chi connectivity index (χ3n) is 3.60. The quantitative estimate of drug-likeness (QED) is 0.573. The van der Waals surface area contributed by atoms with Crippen LogP contribution in [-0.2, 0) is 0 Å². The van der Waals surface area contributed by atoms with Crippen LogP contribution in [0.4, 0.5) is 0 Å². The smallest absolute Gasteiger partial charge is 0.00992 e. The monoisotopic (exact) mass is 220 g/mol. The summed E-state index contributed by atoms with van der Waals surface area (Å²) in [5.74, 6) is 1.39. The molecule has 0 radical (unpaired) electrons. The first-order chi connectivity index (χ1) is 7.49. The molecule has 0 fully saturated rings. The minimum absolute atomic E-state index is 0.691. The fourth-order valence-electron chi connectivity index (χ4n) is 3.07. The molecule has 0 aromatic rings. The lowest BCUT2D eigenvalue weighted by molar-refractivity contribution is 0.687. The maximum Gasteiger partial charge on any atom is -0.00992 e. The predicted molar refractivity (Wildman–Crippen MR) is 73.5 cm³/mol. The van der Waals surface area contributed by atoms with Gasteiger partial charge in [0, 0.05) is 0 Å². The van der Waals surface area contributed by atoms with Gasteiger partial charge in [-0.2, -0.15) is 0 Å². The van der Waals surface area contributed by atoms with Gasteiger partial charge in [0.1, 0.15) is 0 Å². The van der Waals surface area contributed by atoms with Gasteiger partial charge in [-0.25, -0.2) is 0 Å². The summed E-state index contributed by atoms with van der Waals surface area (Å²) in [6.45, 7) is 14.0. The standard InChI is InChI=1S/C16H28/c1-7-8-9-14-10-13(6)15(11(2)3)16(14)12(4)5/h11-12H,7-10H2,1-6H3. The minimum atomic E-state index is 0.691. The zero-order valence-corrected chi connectivity index (χ0v) is 12.0. The van der Waals surface area contributed by atoms with Crippen LogP contribution in [0, 0.1) is 11.8 Å². The lowest BCUT2D eigenvalue weighted by atomic mass is 9.87. The van der Waals surface area contributed by atoms with Gasteiger partial charge in [-0.3, -0.25) is 0 Å². The Morgan fingerprint density at radius 1 is 1.00 bits per heavy atom. The Morgan fingerprint density at radius 3 is 2.00 bits per heavy atom. The average molecular weight is 220 g/mol. The Bertz CT molecular complexity index is 300. The first-order valence-corrected chi connectivity index (χ1v) is 6.90. The van der Waals surface area contributed by atoms with Crippen LogP contribution in [0.1, 0.15) is 67.2 Å². The second kappa shape index (κ2) is 5.70. The topological polar surface area (TPSA) is 0 Å². The van der Waals surface area contributed by atoms with Crippen molar-refractivity contribution in [2.45, 2.75) is 67.2 Å². The second-order valence-electron chi connectivity index (χ2n) is 5.80. The van der Waals surface area contributed by atoms with E-state index in [1.165, 1.54) is 25.7 Å². The fourth-order valence-corrected chi connectivity index (χ4v) is 3.07. The van der Waals surface area contributed by atoms with Crippen molar-refractivity contribution < 1.29 is 0 Å². The highest BCUT2D eigenvalue weighted by atomic mass is 14.3. The van der Waals surface area contributed by atoms with Crippen LogP contribution in [0.3, 0.4) is 0 Å². The zero-order chi connectivity index (χ0) is 12.3. The molecule has 0 unspecified atom stereocenters. The molecule has 0 aromatic heterocycles. The van der Waals surface area contributed by atoms with E-state index in [1.807, 2.05) is 0 Å². The van der Waals surface area contributed by atoms with Crippen LogP contribution in [-0.4, -0.2) is 0 Å². The van der Waals surface area contributed by atoms with Gasteiger partial charge in [0.05, 0.1) is 0 Å².